The number of halogens is 5. The fourth-order valence-corrected chi connectivity index (χ4v) is 3.78. The fraction of sp³-hybridized carbons (Fsp3) is 0.111. The zero-order valence-corrected chi connectivity index (χ0v) is 15.4. The van der Waals surface area contributed by atoms with Gasteiger partial charge in [0.25, 0.3) is 0 Å². The molecule has 1 N–H and O–H groups in total. The molecule has 10 heteroatoms. The van der Waals surface area contributed by atoms with E-state index in [1.807, 2.05) is 0 Å². The highest BCUT2D eigenvalue weighted by Crippen LogP contribution is 2.32. The summed E-state index contributed by atoms with van der Waals surface area (Å²) in [4.78, 5) is 15.5. The van der Waals surface area contributed by atoms with Gasteiger partial charge in [-0.05, 0) is 36.4 Å². The molecule has 0 saturated heterocycles. The minimum atomic E-state index is -4.51. The molecule has 0 aliphatic rings. The van der Waals surface area contributed by atoms with Crippen LogP contribution in [0.5, 0.6) is 0 Å². The third kappa shape index (κ3) is 4.15. The van der Waals surface area contributed by atoms with Gasteiger partial charge in [0.15, 0.2) is 10.9 Å². The smallest absolute Gasteiger partial charge is 0.416 e. The maximum Gasteiger partial charge on any atom is 0.416 e. The minimum Gasteiger partial charge on any atom is -0.477 e. The van der Waals surface area contributed by atoms with Crippen LogP contribution in [-0.2, 0) is 11.9 Å². The summed E-state index contributed by atoms with van der Waals surface area (Å²) in [7, 11) is 0. The monoisotopic (exact) mass is 430 g/mol. The van der Waals surface area contributed by atoms with E-state index in [1.54, 1.807) is 0 Å². The predicted octanol–water partition coefficient (Wildman–Crippen LogP) is 5.67. The van der Waals surface area contributed by atoms with Crippen LogP contribution in [0.3, 0.4) is 0 Å². The molecular formula is C18H11ClF4N2O2S. The van der Waals surface area contributed by atoms with Crippen molar-refractivity contribution in [2.24, 2.45) is 0 Å². The number of carboxylic acids is 1. The quantitative estimate of drug-likeness (QED) is 0.418. The Morgan fingerprint density at radius 3 is 2.43 bits per heavy atom. The van der Waals surface area contributed by atoms with Crippen LogP contribution < -0.4 is 0 Å². The summed E-state index contributed by atoms with van der Waals surface area (Å²) < 4.78 is 53.4. The molecule has 0 bridgehead atoms. The normalized spacial score (nSPS) is 11.6. The first kappa shape index (κ1) is 20.2. The first-order valence-electron chi connectivity index (χ1n) is 7.73. The summed E-state index contributed by atoms with van der Waals surface area (Å²) in [5.74, 6) is -1.77. The zero-order chi connectivity index (χ0) is 20.5. The van der Waals surface area contributed by atoms with E-state index in [1.165, 1.54) is 22.8 Å². The number of aromatic nitrogens is 2. The SMILES string of the molecule is O=C(O)c1cnc(SCc2c(F)cccc2Cl)n1-c1ccc(C(F)(F)F)cc1. The third-order valence-electron chi connectivity index (χ3n) is 3.81. The van der Waals surface area contributed by atoms with Gasteiger partial charge in [0.2, 0.25) is 0 Å². The number of imidazole rings is 1. The van der Waals surface area contributed by atoms with Crippen LogP contribution in [-0.4, -0.2) is 20.6 Å². The van der Waals surface area contributed by atoms with Crippen LogP contribution in [0, 0.1) is 5.82 Å². The predicted molar refractivity (Wildman–Crippen MR) is 96.5 cm³/mol. The summed E-state index contributed by atoms with van der Waals surface area (Å²) in [6, 6.07) is 8.22. The van der Waals surface area contributed by atoms with Crippen molar-refractivity contribution in [1.29, 1.82) is 0 Å². The number of hydrogen-bond acceptors (Lipinski definition) is 3. The average Bonchev–Trinajstić information content (AvgIpc) is 3.05. The summed E-state index contributed by atoms with van der Waals surface area (Å²) in [5.41, 5.74) is -0.694. The van der Waals surface area contributed by atoms with Crippen molar-refractivity contribution < 1.29 is 27.5 Å². The van der Waals surface area contributed by atoms with Crippen molar-refractivity contribution in [3.8, 4) is 5.69 Å². The van der Waals surface area contributed by atoms with Gasteiger partial charge in [0.05, 0.1) is 11.8 Å². The summed E-state index contributed by atoms with van der Waals surface area (Å²) in [6.45, 7) is 0. The van der Waals surface area contributed by atoms with Gasteiger partial charge in [-0.2, -0.15) is 13.2 Å². The number of alkyl halides is 3. The maximum atomic E-state index is 13.9. The molecule has 0 saturated carbocycles. The topological polar surface area (TPSA) is 55.1 Å². The fourth-order valence-electron chi connectivity index (χ4n) is 2.44. The van der Waals surface area contributed by atoms with Crippen molar-refractivity contribution in [3.63, 3.8) is 0 Å². The van der Waals surface area contributed by atoms with Gasteiger partial charge in [0, 0.05) is 22.0 Å². The Bertz CT molecular complexity index is 999. The number of carboxylic acid groups (broad SMARTS) is 1. The molecule has 146 valence electrons. The van der Waals surface area contributed by atoms with E-state index in [-0.39, 0.29) is 32.9 Å². The van der Waals surface area contributed by atoms with Gasteiger partial charge in [-0.15, -0.1) is 0 Å². The first-order valence-corrected chi connectivity index (χ1v) is 9.09. The van der Waals surface area contributed by atoms with Gasteiger partial charge in [-0.1, -0.05) is 29.4 Å². The Morgan fingerprint density at radius 1 is 1.18 bits per heavy atom. The van der Waals surface area contributed by atoms with E-state index < -0.39 is 23.5 Å². The van der Waals surface area contributed by atoms with Crippen molar-refractivity contribution >= 4 is 29.3 Å². The van der Waals surface area contributed by atoms with E-state index >= 15 is 0 Å². The lowest BCUT2D eigenvalue weighted by molar-refractivity contribution is -0.137. The molecule has 0 aliphatic heterocycles. The maximum absolute atomic E-state index is 13.9. The number of nitrogens with zero attached hydrogens (tertiary/aromatic N) is 2. The molecule has 0 unspecified atom stereocenters. The molecule has 0 aliphatic carbocycles. The Balaban J connectivity index is 1.97. The van der Waals surface area contributed by atoms with E-state index in [2.05, 4.69) is 4.98 Å². The highest BCUT2D eigenvalue weighted by molar-refractivity contribution is 7.98. The van der Waals surface area contributed by atoms with Crippen LogP contribution in [0.1, 0.15) is 21.6 Å². The molecule has 0 atom stereocenters. The van der Waals surface area contributed by atoms with E-state index in [9.17, 15) is 27.5 Å². The van der Waals surface area contributed by atoms with Gasteiger partial charge < -0.3 is 5.11 Å². The molecule has 3 aromatic rings. The first-order chi connectivity index (χ1) is 13.2. The lowest BCUT2D eigenvalue weighted by Gasteiger charge is -2.12. The number of thioether (sulfide) groups is 1. The van der Waals surface area contributed by atoms with Gasteiger partial charge >= 0.3 is 12.1 Å². The number of benzene rings is 2. The van der Waals surface area contributed by atoms with Crippen LogP contribution in [0.2, 0.25) is 5.02 Å². The van der Waals surface area contributed by atoms with E-state index in [0.29, 0.717) is 0 Å². The van der Waals surface area contributed by atoms with Crippen molar-refractivity contribution in [1.82, 2.24) is 9.55 Å². The molecule has 0 fully saturated rings. The Morgan fingerprint density at radius 2 is 1.86 bits per heavy atom. The van der Waals surface area contributed by atoms with Crippen molar-refractivity contribution in [3.05, 3.63) is 76.3 Å². The lowest BCUT2D eigenvalue weighted by atomic mass is 10.2. The molecule has 3 rings (SSSR count). The average molecular weight is 431 g/mol. The number of rotatable bonds is 5. The van der Waals surface area contributed by atoms with Crippen LogP contribution in [0.4, 0.5) is 17.6 Å². The van der Waals surface area contributed by atoms with E-state index in [0.717, 1.165) is 42.2 Å². The summed E-state index contributed by atoms with van der Waals surface area (Å²) >= 11 is 7.00. The van der Waals surface area contributed by atoms with Crippen LogP contribution >= 0.6 is 23.4 Å². The molecule has 0 amide bonds. The second-order valence-electron chi connectivity index (χ2n) is 5.60. The number of aromatic carboxylic acids is 1. The minimum absolute atomic E-state index is 0.0578. The second-order valence-corrected chi connectivity index (χ2v) is 6.95. The molecule has 1 heterocycles. The largest absolute Gasteiger partial charge is 0.477 e. The summed E-state index contributed by atoms with van der Waals surface area (Å²) in [5, 5.41) is 9.75. The standard InChI is InChI=1S/C18H11ClF4N2O2S/c19-13-2-1-3-14(20)12(13)9-28-17-24-8-15(16(26)27)25(17)11-6-4-10(5-7-11)18(21,22)23/h1-8H,9H2,(H,26,27). The Hall–Kier alpha value is -2.52. The Labute approximate surface area is 165 Å². The third-order valence-corrected chi connectivity index (χ3v) is 5.14. The van der Waals surface area contributed by atoms with Crippen molar-refractivity contribution in [2.45, 2.75) is 17.1 Å². The van der Waals surface area contributed by atoms with Crippen molar-refractivity contribution in [2.75, 3.05) is 0 Å². The molecule has 1 aromatic heterocycles. The molecule has 28 heavy (non-hydrogen) atoms. The van der Waals surface area contributed by atoms with Crippen LogP contribution in [0.25, 0.3) is 5.69 Å². The van der Waals surface area contributed by atoms with Gasteiger partial charge in [-0.3, -0.25) is 4.57 Å². The Kier molecular flexibility index (Phi) is 5.66. The molecule has 0 radical (unpaired) electrons. The zero-order valence-electron chi connectivity index (χ0n) is 13.9. The molecular weight excluding hydrogens is 420 g/mol. The molecule has 2 aromatic carbocycles. The highest BCUT2D eigenvalue weighted by Gasteiger charge is 2.30. The number of hydrogen-bond donors (Lipinski definition) is 1. The molecule has 0 spiro atoms. The van der Waals surface area contributed by atoms with Crippen LogP contribution in [0.15, 0.2) is 53.8 Å². The van der Waals surface area contributed by atoms with Gasteiger partial charge in [-0.25, -0.2) is 14.2 Å². The highest BCUT2D eigenvalue weighted by atomic mass is 35.5. The lowest BCUT2D eigenvalue weighted by Crippen LogP contribution is -2.09. The summed E-state index contributed by atoms with van der Waals surface area (Å²) in [6.07, 6.45) is -3.42. The van der Waals surface area contributed by atoms with Gasteiger partial charge in [0.1, 0.15) is 5.82 Å². The second kappa shape index (κ2) is 7.84. The van der Waals surface area contributed by atoms with E-state index in [4.69, 9.17) is 11.6 Å². The molecule has 4 nitrogen and oxygen atoms in total. The number of carbonyl (C=O) groups is 1.